The second kappa shape index (κ2) is 8.01. The average molecular weight is 188 g/mol. The standard InChI is InChI=1S/C9H20N2O2/c1-4-8(2)11-9(12)7-10-5-6-13-3/h8,10H,4-7H2,1-3H3,(H,11,12). The molecule has 0 aromatic rings. The third-order valence-electron chi connectivity index (χ3n) is 1.79. The molecule has 0 fully saturated rings. The van der Waals surface area contributed by atoms with Gasteiger partial charge < -0.3 is 15.4 Å². The summed E-state index contributed by atoms with van der Waals surface area (Å²) in [6.07, 6.45) is 0.962. The number of nitrogens with one attached hydrogen (secondary N) is 2. The molecular weight excluding hydrogens is 168 g/mol. The third-order valence-corrected chi connectivity index (χ3v) is 1.79. The number of ether oxygens (including phenoxy) is 1. The van der Waals surface area contributed by atoms with E-state index in [9.17, 15) is 4.79 Å². The molecule has 0 bridgehead atoms. The van der Waals surface area contributed by atoms with Crippen molar-refractivity contribution in [3.05, 3.63) is 0 Å². The van der Waals surface area contributed by atoms with Crippen LogP contribution in [0.5, 0.6) is 0 Å². The van der Waals surface area contributed by atoms with Crippen molar-refractivity contribution in [3.63, 3.8) is 0 Å². The van der Waals surface area contributed by atoms with E-state index in [1.165, 1.54) is 0 Å². The number of rotatable bonds is 7. The molecule has 0 saturated carbocycles. The number of amides is 1. The van der Waals surface area contributed by atoms with Gasteiger partial charge in [-0.15, -0.1) is 0 Å². The first kappa shape index (κ1) is 12.4. The fraction of sp³-hybridized carbons (Fsp3) is 0.889. The molecule has 0 rings (SSSR count). The Morgan fingerprint density at radius 2 is 2.23 bits per heavy atom. The summed E-state index contributed by atoms with van der Waals surface area (Å²) in [5, 5.41) is 5.84. The Morgan fingerprint density at radius 3 is 2.77 bits per heavy atom. The maximum absolute atomic E-state index is 11.2. The monoisotopic (exact) mass is 188 g/mol. The molecule has 1 unspecified atom stereocenters. The Labute approximate surface area is 80.0 Å². The van der Waals surface area contributed by atoms with E-state index in [0.717, 1.165) is 6.42 Å². The molecule has 2 N–H and O–H groups in total. The van der Waals surface area contributed by atoms with Crippen LogP contribution in [-0.4, -0.2) is 38.8 Å². The molecule has 78 valence electrons. The van der Waals surface area contributed by atoms with Crippen molar-refractivity contribution in [2.45, 2.75) is 26.3 Å². The molecule has 0 radical (unpaired) electrons. The van der Waals surface area contributed by atoms with Crippen LogP contribution in [-0.2, 0) is 9.53 Å². The van der Waals surface area contributed by atoms with Crippen molar-refractivity contribution >= 4 is 5.91 Å². The first-order valence-corrected chi connectivity index (χ1v) is 4.69. The SMILES string of the molecule is CCC(C)NC(=O)CNCCOC. The number of methoxy groups -OCH3 is 1. The normalized spacial score (nSPS) is 12.5. The Balaban J connectivity index is 3.30. The van der Waals surface area contributed by atoms with Crippen molar-refractivity contribution in [1.29, 1.82) is 0 Å². The van der Waals surface area contributed by atoms with Crippen LogP contribution in [0.15, 0.2) is 0 Å². The van der Waals surface area contributed by atoms with Crippen molar-refractivity contribution in [1.82, 2.24) is 10.6 Å². The van der Waals surface area contributed by atoms with E-state index in [4.69, 9.17) is 4.74 Å². The summed E-state index contributed by atoms with van der Waals surface area (Å²) in [6.45, 7) is 5.76. The minimum Gasteiger partial charge on any atom is -0.383 e. The lowest BCUT2D eigenvalue weighted by atomic mass is 10.2. The smallest absolute Gasteiger partial charge is 0.234 e. The first-order chi connectivity index (χ1) is 6.20. The molecule has 1 atom stereocenters. The lowest BCUT2D eigenvalue weighted by Crippen LogP contribution is -2.39. The van der Waals surface area contributed by atoms with Gasteiger partial charge in [0.25, 0.3) is 0 Å². The van der Waals surface area contributed by atoms with Gasteiger partial charge >= 0.3 is 0 Å². The van der Waals surface area contributed by atoms with E-state index in [2.05, 4.69) is 10.6 Å². The maximum Gasteiger partial charge on any atom is 0.234 e. The number of hydrogen-bond donors (Lipinski definition) is 2. The van der Waals surface area contributed by atoms with E-state index in [1.54, 1.807) is 7.11 Å². The molecule has 0 aliphatic carbocycles. The first-order valence-electron chi connectivity index (χ1n) is 4.69. The summed E-state index contributed by atoms with van der Waals surface area (Å²) in [7, 11) is 1.64. The van der Waals surface area contributed by atoms with Crippen molar-refractivity contribution in [2.75, 3.05) is 26.8 Å². The summed E-state index contributed by atoms with van der Waals surface area (Å²) < 4.78 is 4.83. The number of carbonyl (C=O) groups is 1. The molecule has 0 aliphatic heterocycles. The fourth-order valence-electron chi connectivity index (χ4n) is 0.804. The van der Waals surface area contributed by atoms with Gasteiger partial charge in [0.2, 0.25) is 5.91 Å². The highest BCUT2D eigenvalue weighted by Gasteiger charge is 2.03. The molecule has 13 heavy (non-hydrogen) atoms. The fourth-order valence-corrected chi connectivity index (χ4v) is 0.804. The zero-order chi connectivity index (χ0) is 10.1. The molecular formula is C9H20N2O2. The summed E-state index contributed by atoms with van der Waals surface area (Å²) in [5.74, 6) is 0.0467. The minimum absolute atomic E-state index is 0.0467. The second-order valence-corrected chi connectivity index (χ2v) is 3.05. The minimum atomic E-state index is 0.0467. The van der Waals surface area contributed by atoms with E-state index in [1.807, 2.05) is 13.8 Å². The molecule has 0 saturated heterocycles. The summed E-state index contributed by atoms with van der Waals surface area (Å²) >= 11 is 0. The Bertz CT molecular complexity index is 140. The maximum atomic E-state index is 11.2. The van der Waals surface area contributed by atoms with Crippen LogP contribution in [0.3, 0.4) is 0 Å². The number of hydrogen-bond acceptors (Lipinski definition) is 3. The Kier molecular flexibility index (Phi) is 7.63. The molecule has 4 heteroatoms. The van der Waals surface area contributed by atoms with Crippen molar-refractivity contribution in [3.8, 4) is 0 Å². The molecule has 0 aliphatic rings. The molecule has 0 aromatic carbocycles. The molecule has 0 aromatic heterocycles. The largest absolute Gasteiger partial charge is 0.383 e. The Morgan fingerprint density at radius 1 is 1.54 bits per heavy atom. The van der Waals surface area contributed by atoms with Gasteiger partial charge in [-0.25, -0.2) is 0 Å². The second-order valence-electron chi connectivity index (χ2n) is 3.05. The van der Waals surface area contributed by atoms with Gasteiger partial charge in [-0.3, -0.25) is 4.79 Å². The van der Waals surface area contributed by atoms with E-state index >= 15 is 0 Å². The lowest BCUT2D eigenvalue weighted by molar-refractivity contribution is -0.120. The van der Waals surface area contributed by atoms with E-state index in [-0.39, 0.29) is 11.9 Å². The van der Waals surface area contributed by atoms with Gasteiger partial charge in [-0.2, -0.15) is 0 Å². The summed E-state index contributed by atoms with van der Waals surface area (Å²) in [4.78, 5) is 11.2. The lowest BCUT2D eigenvalue weighted by Gasteiger charge is -2.11. The summed E-state index contributed by atoms with van der Waals surface area (Å²) in [6, 6.07) is 0.261. The third kappa shape index (κ3) is 7.74. The average Bonchev–Trinajstić information content (AvgIpc) is 2.12. The Hall–Kier alpha value is -0.610. The highest BCUT2D eigenvalue weighted by Crippen LogP contribution is 1.86. The highest BCUT2D eigenvalue weighted by molar-refractivity contribution is 5.78. The summed E-state index contributed by atoms with van der Waals surface area (Å²) in [5.41, 5.74) is 0. The van der Waals surface area contributed by atoms with Crippen LogP contribution in [0, 0.1) is 0 Å². The van der Waals surface area contributed by atoms with E-state index in [0.29, 0.717) is 19.7 Å². The van der Waals surface area contributed by atoms with Gasteiger partial charge in [0.05, 0.1) is 13.2 Å². The van der Waals surface area contributed by atoms with Crippen LogP contribution in [0.25, 0.3) is 0 Å². The highest BCUT2D eigenvalue weighted by atomic mass is 16.5. The number of carbonyl (C=O) groups excluding carboxylic acids is 1. The van der Waals surface area contributed by atoms with Gasteiger partial charge in [-0.1, -0.05) is 6.92 Å². The quantitative estimate of drug-likeness (QED) is 0.559. The van der Waals surface area contributed by atoms with Crippen LogP contribution in [0.1, 0.15) is 20.3 Å². The molecule has 4 nitrogen and oxygen atoms in total. The van der Waals surface area contributed by atoms with Gasteiger partial charge in [0.1, 0.15) is 0 Å². The van der Waals surface area contributed by atoms with Crippen LogP contribution >= 0.6 is 0 Å². The molecule has 1 amide bonds. The van der Waals surface area contributed by atoms with Gasteiger partial charge in [0.15, 0.2) is 0 Å². The van der Waals surface area contributed by atoms with E-state index < -0.39 is 0 Å². The zero-order valence-electron chi connectivity index (χ0n) is 8.72. The van der Waals surface area contributed by atoms with Crippen molar-refractivity contribution < 1.29 is 9.53 Å². The predicted molar refractivity (Wildman–Crippen MR) is 52.6 cm³/mol. The molecule has 0 spiro atoms. The topological polar surface area (TPSA) is 50.4 Å². The molecule has 0 heterocycles. The van der Waals surface area contributed by atoms with Gasteiger partial charge in [-0.05, 0) is 13.3 Å². The van der Waals surface area contributed by atoms with Gasteiger partial charge in [0, 0.05) is 19.7 Å². The van der Waals surface area contributed by atoms with Crippen LogP contribution in [0.2, 0.25) is 0 Å². The predicted octanol–water partition coefficient (Wildman–Crippen LogP) is 0.137. The van der Waals surface area contributed by atoms with Crippen LogP contribution in [0.4, 0.5) is 0 Å². The zero-order valence-corrected chi connectivity index (χ0v) is 8.72. The van der Waals surface area contributed by atoms with Crippen LogP contribution < -0.4 is 10.6 Å². The van der Waals surface area contributed by atoms with Crippen molar-refractivity contribution in [2.24, 2.45) is 0 Å².